The minimum atomic E-state index is -0.499. The fourth-order valence-electron chi connectivity index (χ4n) is 4.39. The molecule has 0 saturated heterocycles. The van der Waals surface area contributed by atoms with E-state index in [1.54, 1.807) is 68.4 Å². The van der Waals surface area contributed by atoms with E-state index < -0.39 is 12.1 Å². The number of carbonyl (C=O) groups excluding carboxylic acids is 3. The van der Waals surface area contributed by atoms with Gasteiger partial charge < -0.3 is 35.0 Å². The molecule has 1 heterocycles. The number of fused-ring (bicyclic) bond motifs is 1. The highest BCUT2D eigenvalue weighted by atomic mass is 16.5. The van der Waals surface area contributed by atoms with Crippen molar-refractivity contribution < 1.29 is 29.0 Å². The molecule has 10 nitrogen and oxygen atoms in total. The van der Waals surface area contributed by atoms with Crippen LogP contribution in [0.25, 0.3) is 0 Å². The van der Waals surface area contributed by atoms with Crippen molar-refractivity contribution in [1.29, 1.82) is 0 Å². The van der Waals surface area contributed by atoms with Crippen LogP contribution in [0.1, 0.15) is 37.0 Å². The highest BCUT2D eigenvalue weighted by Gasteiger charge is 2.36. The third-order valence-electron chi connectivity index (χ3n) is 7.04. The number of benzene rings is 2. The van der Waals surface area contributed by atoms with Crippen LogP contribution < -0.4 is 20.1 Å². The summed E-state index contributed by atoms with van der Waals surface area (Å²) in [7, 11) is 3.25. The van der Waals surface area contributed by atoms with Gasteiger partial charge in [-0.05, 0) is 56.2 Å². The molecule has 1 aliphatic carbocycles. The van der Waals surface area contributed by atoms with Gasteiger partial charge in [-0.25, -0.2) is 4.79 Å². The second-order valence-electron chi connectivity index (χ2n) is 10.1. The summed E-state index contributed by atoms with van der Waals surface area (Å²) in [4.78, 5) is 42.3. The van der Waals surface area contributed by atoms with E-state index in [0.717, 1.165) is 12.8 Å². The molecule has 4 amide bonds. The van der Waals surface area contributed by atoms with Crippen molar-refractivity contribution in [3.05, 3.63) is 48.0 Å². The molecule has 4 rings (SSSR count). The Labute approximate surface area is 222 Å². The Morgan fingerprint density at radius 1 is 1.18 bits per heavy atom. The molecule has 204 valence electrons. The molecule has 3 atom stereocenters. The van der Waals surface area contributed by atoms with Crippen LogP contribution in [0.15, 0.2) is 42.5 Å². The van der Waals surface area contributed by atoms with Crippen LogP contribution in [0, 0.1) is 11.8 Å². The second kappa shape index (κ2) is 11.7. The van der Waals surface area contributed by atoms with Gasteiger partial charge >= 0.3 is 6.03 Å². The Hall–Kier alpha value is -3.79. The third-order valence-corrected chi connectivity index (χ3v) is 7.04. The number of rotatable bonds is 8. The number of carbonyl (C=O) groups is 3. The molecular weight excluding hydrogens is 488 g/mol. The first-order valence-electron chi connectivity index (χ1n) is 12.9. The summed E-state index contributed by atoms with van der Waals surface area (Å²) in [5, 5.41) is 15.6. The van der Waals surface area contributed by atoms with E-state index in [1.807, 2.05) is 6.92 Å². The van der Waals surface area contributed by atoms with Crippen LogP contribution in [0.5, 0.6) is 11.5 Å². The predicted molar refractivity (Wildman–Crippen MR) is 144 cm³/mol. The summed E-state index contributed by atoms with van der Waals surface area (Å²) in [6.07, 6.45) is 1.19. The maximum atomic E-state index is 13.5. The first-order chi connectivity index (χ1) is 18.2. The highest BCUT2D eigenvalue weighted by molar-refractivity contribution is 6.02. The number of hydrogen-bond acceptors (Lipinski definition) is 6. The number of para-hydroxylation sites is 1. The lowest BCUT2D eigenvalue weighted by molar-refractivity contribution is -0.117. The van der Waals surface area contributed by atoms with Crippen molar-refractivity contribution in [3.63, 3.8) is 0 Å². The number of methoxy groups -OCH3 is 1. The van der Waals surface area contributed by atoms with Gasteiger partial charge in [0.15, 0.2) is 5.75 Å². The Bertz CT molecular complexity index is 1170. The van der Waals surface area contributed by atoms with Crippen LogP contribution in [0.4, 0.5) is 16.2 Å². The number of aliphatic hydroxyl groups excluding tert-OH is 1. The average molecular weight is 525 g/mol. The number of anilines is 2. The molecule has 1 aliphatic heterocycles. The van der Waals surface area contributed by atoms with Crippen molar-refractivity contribution in [2.24, 2.45) is 11.8 Å². The Balaban J connectivity index is 1.59. The molecule has 0 radical (unpaired) electrons. The zero-order valence-electron chi connectivity index (χ0n) is 22.3. The van der Waals surface area contributed by atoms with Gasteiger partial charge in [0.25, 0.3) is 5.91 Å². The molecule has 0 bridgehead atoms. The van der Waals surface area contributed by atoms with E-state index in [0.29, 0.717) is 29.2 Å². The quantitative estimate of drug-likeness (QED) is 0.487. The van der Waals surface area contributed by atoms with Gasteiger partial charge in [-0.2, -0.15) is 0 Å². The molecule has 1 fully saturated rings. The summed E-state index contributed by atoms with van der Waals surface area (Å²) in [6, 6.07) is 11.4. The van der Waals surface area contributed by atoms with E-state index in [2.05, 4.69) is 10.6 Å². The predicted octanol–water partition coefficient (Wildman–Crippen LogP) is 3.43. The number of hydrogen-bond donors (Lipinski definition) is 3. The third kappa shape index (κ3) is 6.19. The zero-order chi connectivity index (χ0) is 27.4. The van der Waals surface area contributed by atoms with Crippen molar-refractivity contribution in [2.45, 2.75) is 38.8 Å². The summed E-state index contributed by atoms with van der Waals surface area (Å²) in [5.74, 6) is 0.375. The van der Waals surface area contributed by atoms with Crippen molar-refractivity contribution >= 4 is 29.2 Å². The number of nitrogens with zero attached hydrogens (tertiary/aromatic N) is 2. The largest absolute Gasteiger partial charge is 0.497 e. The molecule has 2 aliphatic rings. The second-order valence-corrected chi connectivity index (χ2v) is 10.1. The lowest BCUT2D eigenvalue weighted by Gasteiger charge is -2.38. The summed E-state index contributed by atoms with van der Waals surface area (Å²) in [5.41, 5.74) is 1.35. The van der Waals surface area contributed by atoms with E-state index in [4.69, 9.17) is 9.47 Å². The minimum Gasteiger partial charge on any atom is -0.497 e. The van der Waals surface area contributed by atoms with Crippen LogP contribution in [-0.2, 0) is 4.79 Å². The average Bonchev–Trinajstić information content (AvgIpc) is 3.76. The first-order valence-corrected chi connectivity index (χ1v) is 12.9. The van der Waals surface area contributed by atoms with Gasteiger partial charge in [0.1, 0.15) is 11.9 Å². The number of likely N-dealkylation sites (N-methyl/N-ethyl adjacent to an activating group) is 1. The van der Waals surface area contributed by atoms with Crippen LogP contribution in [0.2, 0.25) is 0 Å². The molecule has 2 aromatic carbocycles. The number of amides is 4. The van der Waals surface area contributed by atoms with Gasteiger partial charge in [-0.15, -0.1) is 0 Å². The van der Waals surface area contributed by atoms with Gasteiger partial charge in [0.05, 0.1) is 37.6 Å². The molecule has 38 heavy (non-hydrogen) atoms. The van der Waals surface area contributed by atoms with Crippen LogP contribution in [-0.4, -0.2) is 78.8 Å². The molecule has 10 heteroatoms. The normalized spacial score (nSPS) is 19.8. The smallest absolute Gasteiger partial charge is 0.321 e. The maximum absolute atomic E-state index is 13.5. The fourth-order valence-corrected chi connectivity index (χ4v) is 4.39. The highest BCUT2D eigenvalue weighted by Crippen LogP contribution is 2.37. The molecular formula is C28H36N4O6. The van der Waals surface area contributed by atoms with Gasteiger partial charge in [-0.3, -0.25) is 9.59 Å². The van der Waals surface area contributed by atoms with Crippen molar-refractivity contribution in [3.8, 4) is 11.5 Å². The standard InChI is InChI=1S/C28H36N4O6/c1-17-14-32(18(2)16-33)27(35)22-6-5-7-23(30-26(34)19-8-9-19)25(22)38-24(17)15-31(3)28(36)29-20-10-12-21(37-4)13-11-20/h5-7,10-13,17-19,24,33H,8-9,14-16H2,1-4H3,(H,29,36)(H,30,34)/t17-,18-,24-/m1/s1. The topological polar surface area (TPSA) is 120 Å². The lowest BCUT2D eigenvalue weighted by Crippen LogP contribution is -2.50. The Morgan fingerprint density at radius 3 is 2.53 bits per heavy atom. The van der Waals surface area contributed by atoms with Crippen molar-refractivity contribution in [1.82, 2.24) is 9.80 Å². The molecule has 1 saturated carbocycles. The van der Waals surface area contributed by atoms with Gasteiger partial charge in [-0.1, -0.05) is 13.0 Å². The maximum Gasteiger partial charge on any atom is 0.321 e. The number of urea groups is 1. The van der Waals surface area contributed by atoms with E-state index in [-0.39, 0.29) is 48.6 Å². The molecule has 3 N–H and O–H groups in total. The molecule has 0 spiro atoms. The van der Waals surface area contributed by atoms with Gasteiger partial charge in [0, 0.05) is 31.1 Å². The molecule has 0 unspecified atom stereocenters. The first kappa shape index (κ1) is 27.3. The monoisotopic (exact) mass is 524 g/mol. The molecule has 2 aromatic rings. The van der Waals surface area contributed by atoms with Crippen LogP contribution in [0.3, 0.4) is 0 Å². The fraction of sp³-hybridized carbons (Fsp3) is 0.464. The Morgan fingerprint density at radius 2 is 1.89 bits per heavy atom. The van der Waals surface area contributed by atoms with Crippen LogP contribution >= 0.6 is 0 Å². The lowest BCUT2D eigenvalue weighted by atomic mass is 9.99. The number of ether oxygens (including phenoxy) is 2. The van der Waals surface area contributed by atoms with Gasteiger partial charge in [0.2, 0.25) is 5.91 Å². The molecule has 0 aromatic heterocycles. The SMILES string of the molecule is COc1ccc(NC(=O)N(C)C[C@H]2Oc3c(NC(=O)C4CC4)cccc3C(=O)N([C@H](C)CO)C[C@H]2C)cc1. The summed E-state index contributed by atoms with van der Waals surface area (Å²) < 4.78 is 11.6. The zero-order valence-corrected chi connectivity index (χ0v) is 22.3. The van der Waals surface area contributed by atoms with E-state index >= 15 is 0 Å². The van der Waals surface area contributed by atoms with E-state index in [9.17, 15) is 19.5 Å². The number of aliphatic hydroxyl groups is 1. The Kier molecular flexibility index (Phi) is 8.41. The van der Waals surface area contributed by atoms with E-state index in [1.165, 1.54) is 4.90 Å². The minimum absolute atomic E-state index is 0.0245. The van der Waals surface area contributed by atoms with Crippen molar-refractivity contribution in [2.75, 3.05) is 44.5 Å². The number of nitrogens with one attached hydrogen (secondary N) is 2. The summed E-state index contributed by atoms with van der Waals surface area (Å²) >= 11 is 0. The summed E-state index contributed by atoms with van der Waals surface area (Å²) in [6.45, 7) is 4.09.